The van der Waals surface area contributed by atoms with E-state index in [0.717, 1.165) is 36.5 Å². The van der Waals surface area contributed by atoms with Crippen LogP contribution in [0.1, 0.15) is 43.5 Å². The summed E-state index contributed by atoms with van der Waals surface area (Å²) in [6, 6.07) is 17.4. The van der Waals surface area contributed by atoms with E-state index in [4.69, 9.17) is 9.78 Å². The van der Waals surface area contributed by atoms with Crippen LogP contribution in [-0.4, -0.2) is 5.97 Å². The van der Waals surface area contributed by atoms with Gasteiger partial charge in [0.05, 0.1) is 5.56 Å². The lowest BCUT2D eigenvalue weighted by Gasteiger charge is -2.29. The maximum atomic E-state index is 12.1. The van der Waals surface area contributed by atoms with Crippen LogP contribution in [0, 0.1) is 17.9 Å². The highest BCUT2D eigenvalue weighted by atomic mass is 17.2. The molecule has 1 aliphatic rings. The number of rotatable bonds is 4. The predicted molar refractivity (Wildman–Crippen MR) is 93.8 cm³/mol. The van der Waals surface area contributed by atoms with Crippen LogP contribution in [0.5, 0.6) is 0 Å². The Bertz CT molecular complexity index is 663. The first-order chi connectivity index (χ1) is 11.6. The fourth-order valence-corrected chi connectivity index (χ4v) is 2.99. The van der Waals surface area contributed by atoms with Crippen molar-refractivity contribution in [3.05, 3.63) is 66.3 Å². The van der Waals surface area contributed by atoms with E-state index in [9.17, 15) is 4.79 Å². The van der Waals surface area contributed by atoms with Crippen molar-refractivity contribution in [3.8, 4) is 11.1 Å². The third-order valence-corrected chi connectivity index (χ3v) is 4.86. The Hall–Kier alpha value is -2.13. The summed E-state index contributed by atoms with van der Waals surface area (Å²) in [5, 5.41) is 0. The van der Waals surface area contributed by atoms with Gasteiger partial charge in [-0.15, -0.1) is 0 Å². The van der Waals surface area contributed by atoms with Crippen molar-refractivity contribution in [3.63, 3.8) is 0 Å². The van der Waals surface area contributed by atoms with Gasteiger partial charge in [0, 0.05) is 0 Å². The molecular formula is C21H23O3. The molecule has 125 valence electrons. The largest absolute Gasteiger partial charge is 0.373 e. The van der Waals surface area contributed by atoms with E-state index in [1.54, 1.807) is 12.1 Å². The highest BCUT2D eigenvalue weighted by Crippen LogP contribution is 2.35. The second-order valence-corrected chi connectivity index (χ2v) is 6.63. The monoisotopic (exact) mass is 323 g/mol. The van der Waals surface area contributed by atoms with Crippen LogP contribution >= 0.6 is 0 Å². The van der Waals surface area contributed by atoms with E-state index in [-0.39, 0.29) is 0 Å². The van der Waals surface area contributed by atoms with Crippen LogP contribution in [0.15, 0.2) is 54.6 Å². The van der Waals surface area contributed by atoms with Crippen LogP contribution in [0.25, 0.3) is 11.1 Å². The summed E-state index contributed by atoms with van der Waals surface area (Å²) in [4.78, 5) is 22.4. The van der Waals surface area contributed by atoms with Gasteiger partial charge in [-0.25, -0.2) is 4.79 Å². The second kappa shape index (κ2) is 7.63. The fraction of sp³-hybridized carbons (Fsp3) is 0.333. The van der Waals surface area contributed by atoms with Crippen molar-refractivity contribution in [1.29, 1.82) is 0 Å². The van der Waals surface area contributed by atoms with Crippen molar-refractivity contribution in [2.75, 3.05) is 0 Å². The SMILES string of the molecule is CC1CC[C](OOC(=O)c2ccc(-c3ccccc3)cc2)CC1C. The minimum Gasteiger partial charge on any atom is -0.292 e. The van der Waals surface area contributed by atoms with Gasteiger partial charge in [-0.1, -0.05) is 56.3 Å². The third kappa shape index (κ3) is 4.04. The maximum absolute atomic E-state index is 12.1. The Labute approximate surface area is 143 Å². The topological polar surface area (TPSA) is 35.5 Å². The van der Waals surface area contributed by atoms with E-state index in [1.807, 2.05) is 42.5 Å². The molecule has 0 bridgehead atoms. The van der Waals surface area contributed by atoms with Crippen LogP contribution in [0.2, 0.25) is 0 Å². The molecule has 0 amide bonds. The smallest absolute Gasteiger partial charge is 0.292 e. The molecule has 0 aliphatic heterocycles. The number of hydrogen-bond acceptors (Lipinski definition) is 3. The van der Waals surface area contributed by atoms with E-state index in [0.29, 0.717) is 17.4 Å². The first kappa shape index (κ1) is 16.7. The summed E-state index contributed by atoms with van der Waals surface area (Å²) < 4.78 is 0. The molecule has 3 rings (SSSR count). The van der Waals surface area contributed by atoms with Gasteiger partial charge >= 0.3 is 5.97 Å². The molecule has 1 fully saturated rings. The molecule has 1 radical (unpaired) electrons. The number of benzene rings is 2. The number of carbonyl (C=O) groups is 1. The summed E-state index contributed by atoms with van der Waals surface area (Å²) in [7, 11) is 0. The van der Waals surface area contributed by atoms with Crippen molar-refractivity contribution in [2.45, 2.75) is 33.1 Å². The lowest BCUT2D eigenvalue weighted by atomic mass is 9.80. The molecule has 1 saturated carbocycles. The summed E-state index contributed by atoms with van der Waals surface area (Å²) in [6.45, 7) is 4.46. The first-order valence-corrected chi connectivity index (χ1v) is 8.52. The van der Waals surface area contributed by atoms with Gasteiger partial charge in [-0.3, -0.25) is 4.89 Å². The van der Waals surface area contributed by atoms with Gasteiger partial charge in [-0.2, -0.15) is 4.89 Å². The highest BCUT2D eigenvalue weighted by Gasteiger charge is 2.27. The Morgan fingerprint density at radius 2 is 1.58 bits per heavy atom. The fourth-order valence-electron chi connectivity index (χ4n) is 2.99. The second-order valence-electron chi connectivity index (χ2n) is 6.63. The summed E-state index contributed by atoms with van der Waals surface area (Å²) in [6.07, 6.45) is 3.68. The van der Waals surface area contributed by atoms with E-state index in [2.05, 4.69) is 13.8 Å². The molecule has 3 heteroatoms. The minimum absolute atomic E-state index is 0.451. The van der Waals surface area contributed by atoms with E-state index < -0.39 is 5.97 Å². The van der Waals surface area contributed by atoms with Crippen molar-refractivity contribution < 1.29 is 14.6 Å². The Morgan fingerprint density at radius 3 is 2.25 bits per heavy atom. The minimum atomic E-state index is -0.451. The van der Waals surface area contributed by atoms with Crippen molar-refractivity contribution in [1.82, 2.24) is 0 Å². The van der Waals surface area contributed by atoms with Crippen molar-refractivity contribution >= 4 is 5.97 Å². The normalized spacial score (nSPS) is 21.4. The molecule has 0 aromatic heterocycles. The zero-order valence-electron chi connectivity index (χ0n) is 14.2. The number of carbonyl (C=O) groups excluding carboxylic acids is 1. The number of hydrogen-bond donors (Lipinski definition) is 0. The van der Waals surface area contributed by atoms with Crippen molar-refractivity contribution in [2.24, 2.45) is 11.8 Å². The Balaban J connectivity index is 1.56. The molecule has 1 aliphatic carbocycles. The zero-order valence-corrected chi connectivity index (χ0v) is 14.2. The average Bonchev–Trinajstić information content (AvgIpc) is 2.63. The molecule has 2 atom stereocenters. The molecule has 2 aromatic rings. The van der Waals surface area contributed by atoms with Crippen LogP contribution in [0.3, 0.4) is 0 Å². The molecule has 0 spiro atoms. The molecule has 0 N–H and O–H groups in total. The zero-order chi connectivity index (χ0) is 16.9. The summed E-state index contributed by atoms with van der Waals surface area (Å²) >= 11 is 0. The van der Waals surface area contributed by atoms with Gasteiger partial charge in [0.2, 0.25) is 0 Å². The Morgan fingerprint density at radius 1 is 0.917 bits per heavy atom. The Kier molecular flexibility index (Phi) is 5.31. The van der Waals surface area contributed by atoms with E-state index in [1.165, 1.54) is 0 Å². The van der Waals surface area contributed by atoms with Gasteiger partial charge in [-0.05, 0) is 54.4 Å². The third-order valence-electron chi connectivity index (χ3n) is 4.86. The van der Waals surface area contributed by atoms with Crippen LogP contribution in [-0.2, 0) is 9.78 Å². The molecule has 0 heterocycles. The van der Waals surface area contributed by atoms with Gasteiger partial charge in [0.1, 0.15) is 6.10 Å². The van der Waals surface area contributed by atoms with Gasteiger partial charge in [0.25, 0.3) is 0 Å². The maximum Gasteiger partial charge on any atom is 0.373 e. The summed E-state index contributed by atoms with van der Waals surface area (Å²) in [5.74, 6) is 0.810. The van der Waals surface area contributed by atoms with Gasteiger partial charge < -0.3 is 0 Å². The lowest BCUT2D eigenvalue weighted by Crippen LogP contribution is -2.22. The van der Waals surface area contributed by atoms with Crippen LogP contribution < -0.4 is 0 Å². The molecule has 24 heavy (non-hydrogen) atoms. The highest BCUT2D eigenvalue weighted by molar-refractivity contribution is 5.89. The molecule has 3 nitrogen and oxygen atoms in total. The predicted octanol–water partition coefficient (Wildman–Crippen LogP) is 5.43. The lowest BCUT2D eigenvalue weighted by molar-refractivity contribution is -0.242. The van der Waals surface area contributed by atoms with E-state index >= 15 is 0 Å². The first-order valence-electron chi connectivity index (χ1n) is 8.52. The molecule has 2 unspecified atom stereocenters. The standard InChI is InChI=1S/C21H23O3/c1-15-8-13-20(14-16(15)2)23-24-21(22)19-11-9-18(10-12-19)17-6-4-3-5-7-17/h3-7,9-12,15-16H,8,13-14H2,1-2H3. The average molecular weight is 323 g/mol. The van der Waals surface area contributed by atoms with Gasteiger partial charge in [0.15, 0.2) is 0 Å². The summed E-state index contributed by atoms with van der Waals surface area (Å²) in [5.41, 5.74) is 2.68. The molecule has 2 aromatic carbocycles. The molecular weight excluding hydrogens is 300 g/mol. The van der Waals surface area contributed by atoms with Crippen LogP contribution in [0.4, 0.5) is 0 Å². The molecule has 0 saturated heterocycles. The quantitative estimate of drug-likeness (QED) is 0.556.